The Hall–Kier alpha value is -2.02. The number of thioether (sulfide) groups is 1. The van der Waals surface area contributed by atoms with Crippen LogP contribution in [0.15, 0.2) is 59.8 Å². The van der Waals surface area contributed by atoms with E-state index in [1.807, 2.05) is 59.2 Å². The van der Waals surface area contributed by atoms with E-state index in [4.69, 9.17) is 9.84 Å². The van der Waals surface area contributed by atoms with E-state index >= 15 is 0 Å². The molecule has 0 bridgehead atoms. The van der Waals surface area contributed by atoms with Crippen LogP contribution in [0.5, 0.6) is 5.75 Å². The van der Waals surface area contributed by atoms with Gasteiger partial charge >= 0.3 is 0 Å². The van der Waals surface area contributed by atoms with Crippen molar-refractivity contribution in [2.75, 3.05) is 19.0 Å². The van der Waals surface area contributed by atoms with E-state index in [2.05, 4.69) is 4.98 Å². The Kier molecular flexibility index (Phi) is 5.74. The van der Waals surface area contributed by atoms with Crippen molar-refractivity contribution in [3.05, 3.63) is 54.6 Å². The second-order valence-electron chi connectivity index (χ2n) is 5.34. The molecule has 2 aromatic carbocycles. The van der Waals surface area contributed by atoms with E-state index in [0.717, 1.165) is 27.7 Å². The van der Waals surface area contributed by atoms with Crippen molar-refractivity contribution in [2.24, 2.45) is 0 Å². The van der Waals surface area contributed by atoms with Crippen LogP contribution in [0.3, 0.4) is 0 Å². The first-order valence-corrected chi connectivity index (χ1v) is 8.81. The minimum absolute atomic E-state index is 0.270. The summed E-state index contributed by atoms with van der Waals surface area (Å²) in [5.74, 6) is 1.59. The fourth-order valence-corrected chi connectivity index (χ4v) is 3.26. The van der Waals surface area contributed by atoms with Gasteiger partial charge in [-0.15, -0.1) is 0 Å². The number of hydrogen-bond donors (Lipinski definition) is 2. The highest BCUT2D eigenvalue weighted by atomic mass is 32.2. The molecule has 0 aliphatic carbocycles. The standard InChI is InChI=1S/C18H20N2O3S/c21-13-14(22)12-20-17-9-5-4-8-16(17)19-18(20)24-11-10-23-15-6-2-1-3-7-15/h1-9,14,21-22H,10-13H2. The van der Waals surface area contributed by atoms with Gasteiger partial charge in [0, 0.05) is 5.75 Å². The van der Waals surface area contributed by atoms with Gasteiger partial charge in [-0.05, 0) is 24.3 Å². The van der Waals surface area contributed by atoms with Crippen molar-refractivity contribution in [1.82, 2.24) is 9.55 Å². The smallest absolute Gasteiger partial charge is 0.169 e. The summed E-state index contributed by atoms with van der Waals surface area (Å²) in [6, 6.07) is 17.5. The fraction of sp³-hybridized carbons (Fsp3) is 0.278. The van der Waals surface area contributed by atoms with Gasteiger partial charge in [0.1, 0.15) is 5.75 Å². The van der Waals surface area contributed by atoms with Crippen LogP contribution < -0.4 is 4.74 Å². The van der Waals surface area contributed by atoms with E-state index in [1.165, 1.54) is 0 Å². The highest BCUT2D eigenvalue weighted by Crippen LogP contribution is 2.24. The summed E-state index contributed by atoms with van der Waals surface area (Å²) in [7, 11) is 0. The Morgan fingerprint density at radius 2 is 1.83 bits per heavy atom. The van der Waals surface area contributed by atoms with Crippen LogP contribution in [0.25, 0.3) is 11.0 Å². The molecular weight excluding hydrogens is 324 g/mol. The van der Waals surface area contributed by atoms with E-state index in [-0.39, 0.29) is 6.61 Å². The molecule has 126 valence electrons. The molecule has 6 heteroatoms. The number of aliphatic hydroxyl groups is 2. The molecule has 0 spiro atoms. The molecule has 0 saturated carbocycles. The number of aromatic nitrogens is 2. The highest BCUT2D eigenvalue weighted by molar-refractivity contribution is 7.99. The summed E-state index contributed by atoms with van der Waals surface area (Å²) < 4.78 is 7.64. The second-order valence-corrected chi connectivity index (χ2v) is 6.40. The van der Waals surface area contributed by atoms with Gasteiger partial charge in [0.25, 0.3) is 0 Å². The monoisotopic (exact) mass is 344 g/mol. The van der Waals surface area contributed by atoms with Gasteiger partial charge in [-0.25, -0.2) is 4.98 Å². The SMILES string of the molecule is OCC(O)Cn1c(SCCOc2ccccc2)nc2ccccc21. The number of hydrogen-bond acceptors (Lipinski definition) is 5. The Bertz CT molecular complexity index is 776. The van der Waals surface area contributed by atoms with Crippen LogP contribution in [0, 0.1) is 0 Å². The molecule has 1 heterocycles. The van der Waals surface area contributed by atoms with E-state index in [0.29, 0.717) is 13.2 Å². The first-order chi connectivity index (χ1) is 11.8. The van der Waals surface area contributed by atoms with Crippen LogP contribution in [0.4, 0.5) is 0 Å². The molecule has 0 aliphatic heterocycles. The van der Waals surface area contributed by atoms with Crippen molar-refractivity contribution in [2.45, 2.75) is 17.8 Å². The summed E-state index contributed by atoms with van der Waals surface area (Å²) in [4.78, 5) is 4.62. The molecule has 3 rings (SSSR count). The number of benzene rings is 2. The number of para-hydroxylation sites is 3. The lowest BCUT2D eigenvalue weighted by Crippen LogP contribution is -2.20. The fourth-order valence-electron chi connectivity index (χ4n) is 2.42. The van der Waals surface area contributed by atoms with Crippen molar-refractivity contribution in [3.8, 4) is 5.75 Å². The molecule has 5 nitrogen and oxygen atoms in total. The van der Waals surface area contributed by atoms with Gasteiger partial charge in [-0.1, -0.05) is 42.1 Å². The predicted molar refractivity (Wildman–Crippen MR) is 95.5 cm³/mol. The topological polar surface area (TPSA) is 67.5 Å². The van der Waals surface area contributed by atoms with Crippen molar-refractivity contribution >= 4 is 22.8 Å². The Labute approximate surface area is 144 Å². The quantitative estimate of drug-likeness (QED) is 0.486. The second kappa shape index (κ2) is 8.19. The van der Waals surface area contributed by atoms with Crippen LogP contribution in [0.2, 0.25) is 0 Å². The average Bonchev–Trinajstić information content (AvgIpc) is 2.97. The normalized spacial score (nSPS) is 12.4. The van der Waals surface area contributed by atoms with Gasteiger partial charge < -0.3 is 19.5 Å². The highest BCUT2D eigenvalue weighted by Gasteiger charge is 2.14. The third-order valence-corrected chi connectivity index (χ3v) is 4.49. The zero-order chi connectivity index (χ0) is 16.8. The van der Waals surface area contributed by atoms with E-state index < -0.39 is 6.10 Å². The Morgan fingerprint density at radius 1 is 1.08 bits per heavy atom. The van der Waals surface area contributed by atoms with Crippen LogP contribution in [-0.2, 0) is 6.54 Å². The number of ether oxygens (including phenoxy) is 1. The number of rotatable bonds is 8. The summed E-state index contributed by atoms with van der Waals surface area (Å²) in [5.41, 5.74) is 1.84. The van der Waals surface area contributed by atoms with Gasteiger partial charge in [-0.3, -0.25) is 0 Å². The molecular formula is C18H20N2O3S. The summed E-state index contributed by atoms with van der Waals surface area (Å²) in [6.45, 7) is 0.618. The van der Waals surface area contributed by atoms with Gasteiger partial charge in [0.2, 0.25) is 0 Å². The zero-order valence-corrected chi connectivity index (χ0v) is 14.0. The van der Waals surface area contributed by atoms with Gasteiger partial charge in [-0.2, -0.15) is 0 Å². The molecule has 3 aromatic rings. The zero-order valence-electron chi connectivity index (χ0n) is 13.2. The molecule has 1 unspecified atom stereocenters. The van der Waals surface area contributed by atoms with E-state index in [9.17, 15) is 5.11 Å². The summed E-state index contributed by atoms with van der Waals surface area (Å²) in [6.07, 6.45) is -0.803. The number of imidazole rings is 1. The first kappa shape index (κ1) is 16.8. The van der Waals surface area contributed by atoms with Crippen molar-refractivity contribution in [1.29, 1.82) is 0 Å². The van der Waals surface area contributed by atoms with Crippen LogP contribution in [0.1, 0.15) is 0 Å². The average molecular weight is 344 g/mol. The molecule has 0 amide bonds. The largest absolute Gasteiger partial charge is 0.493 e. The number of nitrogens with zero attached hydrogens (tertiary/aromatic N) is 2. The molecule has 0 fully saturated rings. The Morgan fingerprint density at radius 3 is 2.62 bits per heavy atom. The van der Waals surface area contributed by atoms with Crippen LogP contribution >= 0.6 is 11.8 Å². The summed E-state index contributed by atoms with van der Waals surface area (Å²) >= 11 is 1.58. The lowest BCUT2D eigenvalue weighted by Gasteiger charge is -2.12. The van der Waals surface area contributed by atoms with Gasteiger partial charge in [0.15, 0.2) is 5.16 Å². The van der Waals surface area contributed by atoms with Crippen LogP contribution in [-0.4, -0.2) is 44.8 Å². The predicted octanol–water partition coefficient (Wildman–Crippen LogP) is 2.56. The molecule has 0 aliphatic rings. The van der Waals surface area contributed by atoms with E-state index in [1.54, 1.807) is 11.8 Å². The van der Waals surface area contributed by atoms with Gasteiger partial charge in [0.05, 0.1) is 36.9 Å². The molecule has 1 aromatic heterocycles. The molecule has 2 N–H and O–H groups in total. The molecule has 0 saturated heterocycles. The Balaban J connectivity index is 1.67. The van der Waals surface area contributed by atoms with Crippen molar-refractivity contribution < 1.29 is 14.9 Å². The van der Waals surface area contributed by atoms with Crippen molar-refractivity contribution in [3.63, 3.8) is 0 Å². The maximum absolute atomic E-state index is 9.80. The lowest BCUT2D eigenvalue weighted by atomic mass is 10.3. The molecule has 24 heavy (non-hydrogen) atoms. The minimum atomic E-state index is -0.803. The molecule has 1 atom stereocenters. The summed E-state index contributed by atoms with van der Waals surface area (Å²) in [5, 5.41) is 19.7. The molecule has 0 radical (unpaired) electrons. The minimum Gasteiger partial charge on any atom is -0.493 e. The third kappa shape index (κ3) is 4.08. The lowest BCUT2D eigenvalue weighted by molar-refractivity contribution is 0.0802. The maximum Gasteiger partial charge on any atom is 0.169 e. The first-order valence-electron chi connectivity index (χ1n) is 7.83. The maximum atomic E-state index is 9.80. The third-order valence-electron chi connectivity index (χ3n) is 3.55. The number of aliphatic hydroxyl groups excluding tert-OH is 2. The number of fused-ring (bicyclic) bond motifs is 1.